The fourth-order valence-electron chi connectivity index (χ4n) is 3.46. The molecular formula is C25H29NO3. The third-order valence-electron chi connectivity index (χ3n) is 5.23. The maximum absolute atomic E-state index is 11.0. The van der Waals surface area contributed by atoms with E-state index in [0.717, 1.165) is 23.3 Å². The van der Waals surface area contributed by atoms with Gasteiger partial charge in [0.15, 0.2) is 0 Å². The molecule has 4 heteroatoms. The summed E-state index contributed by atoms with van der Waals surface area (Å²) in [5, 5.41) is 11.0. The van der Waals surface area contributed by atoms with Crippen LogP contribution in [0.1, 0.15) is 29.7 Å². The van der Waals surface area contributed by atoms with Crippen molar-refractivity contribution >= 4 is 0 Å². The average molecular weight is 392 g/mol. The van der Waals surface area contributed by atoms with Gasteiger partial charge in [0.05, 0.1) is 13.2 Å². The molecule has 4 nitrogen and oxygen atoms in total. The molecule has 0 aromatic heterocycles. The second-order valence-corrected chi connectivity index (χ2v) is 7.33. The summed E-state index contributed by atoms with van der Waals surface area (Å²) < 4.78 is 11.4. The predicted molar refractivity (Wildman–Crippen MR) is 116 cm³/mol. The minimum atomic E-state index is -0.827. The normalized spacial score (nSPS) is 14.1. The molecular weight excluding hydrogens is 362 g/mol. The van der Waals surface area contributed by atoms with Crippen LogP contribution in [0.5, 0.6) is 11.5 Å². The molecule has 3 N–H and O–H groups in total. The van der Waals surface area contributed by atoms with Crippen LogP contribution in [-0.2, 0) is 13.0 Å². The molecule has 0 saturated carbocycles. The summed E-state index contributed by atoms with van der Waals surface area (Å²) in [7, 11) is 1.67. The standard InChI is InChI=1S/C25H29NO3/c1-18(16-20-12-6-8-14-22(20)28-2)24(26)25(27)21-13-7-9-15-23(21)29-17-19-10-4-3-5-11-19/h3-15,18,24-25,27H,16-17,26H2,1-2H3/t18?,24-,25-/m1/s1. The molecule has 0 bridgehead atoms. The van der Waals surface area contributed by atoms with Gasteiger partial charge in [0, 0.05) is 11.6 Å². The lowest BCUT2D eigenvalue weighted by Crippen LogP contribution is -2.36. The largest absolute Gasteiger partial charge is 0.496 e. The molecule has 0 spiro atoms. The molecule has 0 aliphatic heterocycles. The van der Waals surface area contributed by atoms with E-state index in [0.29, 0.717) is 17.9 Å². The van der Waals surface area contributed by atoms with Crippen LogP contribution >= 0.6 is 0 Å². The van der Waals surface area contributed by atoms with Crippen LogP contribution in [-0.4, -0.2) is 18.3 Å². The van der Waals surface area contributed by atoms with E-state index in [2.05, 4.69) is 0 Å². The van der Waals surface area contributed by atoms with Crippen molar-refractivity contribution in [3.63, 3.8) is 0 Å². The van der Waals surface area contributed by atoms with Crippen LogP contribution in [0.2, 0.25) is 0 Å². The van der Waals surface area contributed by atoms with Gasteiger partial charge in [-0.1, -0.05) is 73.7 Å². The molecule has 3 aromatic rings. The summed E-state index contributed by atoms with van der Waals surface area (Å²) in [6.07, 6.45) is -0.110. The van der Waals surface area contributed by atoms with Crippen molar-refractivity contribution in [2.24, 2.45) is 11.7 Å². The van der Waals surface area contributed by atoms with Gasteiger partial charge in [-0.25, -0.2) is 0 Å². The fourth-order valence-corrected chi connectivity index (χ4v) is 3.46. The predicted octanol–water partition coefficient (Wildman–Crippen LogP) is 4.51. The number of hydrogen-bond donors (Lipinski definition) is 2. The topological polar surface area (TPSA) is 64.7 Å². The zero-order valence-corrected chi connectivity index (χ0v) is 17.0. The number of para-hydroxylation sites is 2. The second-order valence-electron chi connectivity index (χ2n) is 7.33. The SMILES string of the molecule is COc1ccccc1CC(C)[C@@H](N)[C@H](O)c1ccccc1OCc1ccccc1. The molecule has 0 heterocycles. The van der Waals surface area contributed by atoms with Gasteiger partial charge < -0.3 is 20.3 Å². The molecule has 1 unspecified atom stereocenters. The average Bonchev–Trinajstić information content (AvgIpc) is 2.78. The molecule has 3 aromatic carbocycles. The zero-order valence-electron chi connectivity index (χ0n) is 17.0. The van der Waals surface area contributed by atoms with Crippen LogP contribution in [0.4, 0.5) is 0 Å². The Bertz CT molecular complexity index is 897. The van der Waals surface area contributed by atoms with E-state index in [1.807, 2.05) is 85.8 Å². The number of hydrogen-bond acceptors (Lipinski definition) is 4. The van der Waals surface area contributed by atoms with Gasteiger partial charge >= 0.3 is 0 Å². The lowest BCUT2D eigenvalue weighted by molar-refractivity contribution is 0.117. The van der Waals surface area contributed by atoms with Crippen LogP contribution in [0.25, 0.3) is 0 Å². The number of aliphatic hydroxyl groups excluding tert-OH is 1. The first-order valence-electron chi connectivity index (χ1n) is 9.91. The molecule has 3 rings (SSSR count). The Balaban J connectivity index is 1.71. The van der Waals surface area contributed by atoms with E-state index in [4.69, 9.17) is 15.2 Å². The highest BCUT2D eigenvalue weighted by Gasteiger charge is 2.26. The third kappa shape index (κ3) is 5.37. The van der Waals surface area contributed by atoms with Gasteiger partial charge in [0.25, 0.3) is 0 Å². The number of methoxy groups -OCH3 is 1. The third-order valence-corrected chi connectivity index (χ3v) is 5.23. The van der Waals surface area contributed by atoms with Gasteiger partial charge in [-0.3, -0.25) is 0 Å². The Hall–Kier alpha value is -2.82. The van der Waals surface area contributed by atoms with Crippen molar-refractivity contribution in [3.05, 3.63) is 95.6 Å². The monoisotopic (exact) mass is 391 g/mol. The maximum Gasteiger partial charge on any atom is 0.125 e. The second kappa shape index (κ2) is 10.1. The Kier molecular flexibility index (Phi) is 7.28. The lowest BCUT2D eigenvalue weighted by Gasteiger charge is -2.27. The highest BCUT2D eigenvalue weighted by atomic mass is 16.5. The number of rotatable bonds is 9. The molecule has 0 saturated heterocycles. The molecule has 0 fully saturated rings. The highest BCUT2D eigenvalue weighted by Crippen LogP contribution is 2.31. The molecule has 0 amide bonds. The van der Waals surface area contributed by atoms with Crippen molar-refractivity contribution in [2.45, 2.75) is 32.1 Å². The van der Waals surface area contributed by atoms with E-state index < -0.39 is 12.1 Å². The lowest BCUT2D eigenvalue weighted by atomic mass is 9.88. The van der Waals surface area contributed by atoms with Gasteiger partial charge in [-0.05, 0) is 35.6 Å². The molecule has 0 aliphatic carbocycles. The van der Waals surface area contributed by atoms with E-state index in [-0.39, 0.29) is 5.92 Å². The van der Waals surface area contributed by atoms with E-state index in [1.165, 1.54) is 0 Å². The molecule has 152 valence electrons. The van der Waals surface area contributed by atoms with Crippen molar-refractivity contribution in [3.8, 4) is 11.5 Å². The highest BCUT2D eigenvalue weighted by molar-refractivity contribution is 5.37. The minimum absolute atomic E-state index is 0.0449. The summed E-state index contributed by atoms with van der Waals surface area (Å²) in [4.78, 5) is 0. The minimum Gasteiger partial charge on any atom is -0.496 e. The molecule has 0 radical (unpaired) electrons. The summed E-state index contributed by atoms with van der Waals surface area (Å²) in [6.45, 7) is 2.49. The summed E-state index contributed by atoms with van der Waals surface area (Å²) >= 11 is 0. The van der Waals surface area contributed by atoms with E-state index >= 15 is 0 Å². The van der Waals surface area contributed by atoms with Gasteiger partial charge in [0.1, 0.15) is 18.1 Å². The Morgan fingerprint density at radius 2 is 1.48 bits per heavy atom. The summed E-state index contributed by atoms with van der Waals surface area (Å²) in [6, 6.07) is 25.0. The molecule has 29 heavy (non-hydrogen) atoms. The maximum atomic E-state index is 11.0. The fraction of sp³-hybridized carbons (Fsp3) is 0.280. The number of aliphatic hydroxyl groups is 1. The van der Waals surface area contributed by atoms with Gasteiger partial charge in [-0.2, -0.15) is 0 Å². The number of nitrogens with two attached hydrogens (primary N) is 1. The number of benzene rings is 3. The first-order chi connectivity index (χ1) is 14.1. The quantitative estimate of drug-likeness (QED) is 0.563. The molecule has 3 atom stereocenters. The molecule has 0 aliphatic rings. The van der Waals surface area contributed by atoms with E-state index in [9.17, 15) is 5.11 Å². The van der Waals surface area contributed by atoms with Crippen molar-refractivity contribution in [2.75, 3.05) is 7.11 Å². The Morgan fingerprint density at radius 1 is 0.862 bits per heavy atom. The Morgan fingerprint density at radius 3 is 2.21 bits per heavy atom. The van der Waals surface area contributed by atoms with E-state index in [1.54, 1.807) is 7.11 Å². The first-order valence-corrected chi connectivity index (χ1v) is 9.91. The van der Waals surface area contributed by atoms with Crippen molar-refractivity contribution < 1.29 is 14.6 Å². The van der Waals surface area contributed by atoms with Crippen LogP contribution in [0.3, 0.4) is 0 Å². The van der Waals surface area contributed by atoms with Crippen molar-refractivity contribution in [1.29, 1.82) is 0 Å². The smallest absolute Gasteiger partial charge is 0.125 e. The summed E-state index contributed by atoms with van der Waals surface area (Å²) in [5.74, 6) is 1.54. The number of ether oxygens (including phenoxy) is 2. The van der Waals surface area contributed by atoms with Crippen LogP contribution in [0.15, 0.2) is 78.9 Å². The summed E-state index contributed by atoms with van der Waals surface area (Å²) in [5.41, 5.74) is 9.33. The van der Waals surface area contributed by atoms with Crippen molar-refractivity contribution in [1.82, 2.24) is 0 Å². The van der Waals surface area contributed by atoms with Gasteiger partial charge in [-0.15, -0.1) is 0 Å². The van der Waals surface area contributed by atoms with Crippen LogP contribution < -0.4 is 15.2 Å². The Labute approximate surface area is 172 Å². The zero-order chi connectivity index (χ0) is 20.6. The first kappa shape index (κ1) is 20.9. The van der Waals surface area contributed by atoms with Crippen LogP contribution in [0, 0.1) is 5.92 Å². The van der Waals surface area contributed by atoms with Gasteiger partial charge in [0.2, 0.25) is 0 Å².